The van der Waals surface area contributed by atoms with E-state index in [2.05, 4.69) is 26.2 Å². The van der Waals surface area contributed by atoms with Crippen LogP contribution in [0.15, 0.2) is 59.4 Å². The molecule has 2 aliphatic carbocycles. The van der Waals surface area contributed by atoms with Gasteiger partial charge in [0.15, 0.2) is 0 Å². The lowest BCUT2D eigenvalue weighted by atomic mass is 9.55. The average molecular weight is 943 g/mol. The van der Waals surface area contributed by atoms with E-state index in [4.69, 9.17) is 27.9 Å². The Hall–Kier alpha value is -4.60. The summed E-state index contributed by atoms with van der Waals surface area (Å²) in [5.41, 5.74) is 1.34. The molecule has 1 unspecified atom stereocenters. The number of hydrogen-bond acceptors (Lipinski definition) is 8. The van der Waals surface area contributed by atoms with Crippen molar-refractivity contribution in [2.24, 2.45) is 13.0 Å². The highest BCUT2D eigenvalue weighted by Gasteiger charge is 2.72. The topological polar surface area (TPSA) is 156 Å². The number of imide groups is 1. The van der Waals surface area contributed by atoms with Gasteiger partial charge in [-0.2, -0.15) is 0 Å². The number of carbonyl (C=O) groups is 4. The Bertz CT molecular complexity index is 2660. The molecule has 2 spiro atoms. The van der Waals surface area contributed by atoms with Crippen LogP contribution in [0.5, 0.6) is 0 Å². The molecule has 4 aliphatic heterocycles. The van der Waals surface area contributed by atoms with Crippen molar-refractivity contribution < 1.29 is 28.3 Å². The predicted octanol–water partition coefficient (Wildman–Crippen LogP) is 6.81. The zero-order valence-corrected chi connectivity index (χ0v) is 39.0. The van der Waals surface area contributed by atoms with Gasteiger partial charge < -0.3 is 20.3 Å². The number of halogens is 3. The van der Waals surface area contributed by atoms with Crippen molar-refractivity contribution in [1.82, 2.24) is 30.0 Å². The molecular weight excluding hydrogens is 884 g/mol. The van der Waals surface area contributed by atoms with Gasteiger partial charge in [-0.05, 0) is 111 Å². The third-order valence-electron chi connectivity index (χ3n) is 16.4. The van der Waals surface area contributed by atoms with Gasteiger partial charge in [0.2, 0.25) is 23.6 Å². The maximum absolute atomic E-state index is 16.4. The van der Waals surface area contributed by atoms with Crippen LogP contribution < -0.4 is 27.0 Å². The van der Waals surface area contributed by atoms with Gasteiger partial charge in [0.05, 0.1) is 27.7 Å². The third kappa shape index (κ3) is 7.50. The quantitative estimate of drug-likeness (QED) is 0.134. The van der Waals surface area contributed by atoms with E-state index in [1.165, 1.54) is 10.6 Å². The molecule has 0 radical (unpaired) electrons. The first-order valence-corrected chi connectivity index (χ1v) is 24.5. The number of aryl methyl sites for hydroxylation is 1. The van der Waals surface area contributed by atoms with Crippen LogP contribution in [0, 0.1) is 11.7 Å². The number of nitrogens with zero attached hydrogens (tertiary/aromatic N) is 3. The van der Waals surface area contributed by atoms with Gasteiger partial charge >= 0.3 is 5.69 Å². The Kier molecular flexibility index (Phi) is 12.0. The second-order valence-electron chi connectivity index (χ2n) is 19.9. The Morgan fingerprint density at radius 1 is 0.894 bits per heavy atom. The van der Waals surface area contributed by atoms with Crippen LogP contribution in [0.2, 0.25) is 10.0 Å². The summed E-state index contributed by atoms with van der Waals surface area (Å²) in [4.78, 5) is 69.9. The van der Waals surface area contributed by atoms with Crippen molar-refractivity contribution >= 4 is 63.6 Å². The maximum atomic E-state index is 16.4. The molecule has 3 aromatic carbocycles. The summed E-state index contributed by atoms with van der Waals surface area (Å²) < 4.78 is 25.7. The molecule has 5 fully saturated rings. The number of likely N-dealkylation sites (tertiary alicyclic amines) is 1. The number of imidazole rings is 1. The molecule has 2 saturated carbocycles. The molecule has 66 heavy (non-hydrogen) atoms. The fourth-order valence-corrected chi connectivity index (χ4v) is 13.4. The molecule has 3 saturated heterocycles. The highest BCUT2D eigenvalue weighted by molar-refractivity contribution is 6.31. The largest absolute Gasteiger partial charge is 0.378 e. The minimum absolute atomic E-state index is 0.0477. The normalized spacial score (nSPS) is 28.4. The molecule has 13 nitrogen and oxygen atoms in total. The van der Waals surface area contributed by atoms with E-state index >= 15 is 4.39 Å². The minimum Gasteiger partial charge on any atom is -0.378 e. The van der Waals surface area contributed by atoms with Gasteiger partial charge in [-0.15, -0.1) is 0 Å². The molecule has 6 aliphatic rings. The summed E-state index contributed by atoms with van der Waals surface area (Å²) >= 11 is 12.9. The minimum atomic E-state index is -1.27. The maximum Gasteiger partial charge on any atom is 0.329 e. The van der Waals surface area contributed by atoms with Gasteiger partial charge in [0.25, 0.3) is 0 Å². The summed E-state index contributed by atoms with van der Waals surface area (Å²) in [6.07, 6.45) is 10.5. The summed E-state index contributed by atoms with van der Waals surface area (Å²) in [7, 11) is 3.49. The lowest BCUT2D eigenvalue weighted by Crippen LogP contribution is -2.60. The number of fused-ring (bicyclic) bond motifs is 4. The summed E-state index contributed by atoms with van der Waals surface area (Å²) in [5.74, 6) is -2.24. The molecule has 4 atom stereocenters. The number of nitrogens with one attached hydrogen (secondary N) is 4. The van der Waals surface area contributed by atoms with E-state index in [1.54, 1.807) is 43.0 Å². The van der Waals surface area contributed by atoms with E-state index in [0.717, 1.165) is 94.1 Å². The Morgan fingerprint density at radius 3 is 2.38 bits per heavy atom. The highest BCUT2D eigenvalue weighted by Crippen LogP contribution is 2.63. The first-order valence-electron chi connectivity index (χ1n) is 23.7. The smallest absolute Gasteiger partial charge is 0.329 e. The van der Waals surface area contributed by atoms with Crippen molar-refractivity contribution in [3.63, 3.8) is 0 Å². The molecule has 16 heteroatoms. The lowest BCUT2D eigenvalue weighted by Gasteiger charge is -2.47. The Labute approximate surface area is 393 Å². The van der Waals surface area contributed by atoms with Gasteiger partial charge in [-0.25, -0.2) is 9.18 Å². The summed E-state index contributed by atoms with van der Waals surface area (Å²) in [6.45, 7) is 2.74. The molecule has 4 N–H and O–H groups in total. The van der Waals surface area contributed by atoms with Crippen LogP contribution in [0.25, 0.3) is 11.0 Å². The summed E-state index contributed by atoms with van der Waals surface area (Å²) in [5, 5.41) is 13.1. The fraction of sp³-hybridized carbons (Fsp3) is 0.540. The molecule has 0 bridgehead atoms. The van der Waals surface area contributed by atoms with Crippen LogP contribution in [-0.2, 0) is 42.8 Å². The van der Waals surface area contributed by atoms with Crippen molar-refractivity contribution in [3.05, 3.63) is 97.6 Å². The number of aromatic nitrogens is 2. The predicted molar refractivity (Wildman–Crippen MR) is 250 cm³/mol. The third-order valence-corrected chi connectivity index (χ3v) is 16.9. The number of hydrogen-bond donors (Lipinski definition) is 4. The molecule has 5 heterocycles. The number of anilines is 1. The second-order valence-corrected chi connectivity index (χ2v) is 20.8. The van der Waals surface area contributed by atoms with E-state index in [1.807, 2.05) is 24.3 Å². The number of rotatable bonds is 9. The van der Waals surface area contributed by atoms with Crippen LogP contribution in [0.1, 0.15) is 112 Å². The van der Waals surface area contributed by atoms with Gasteiger partial charge in [-0.3, -0.25) is 38.9 Å². The SMILES string of the molecule is COC1(Cc2ccc3c(c2)n(C)c(=O)n3C2CCC(=O)NC2=O)CCN(CC2CCC(NC(=O)[C@@H]3NC4(CCCCC4)[C@@]4(C(=O)Nc5cc(Cl)ccc54)[C@H]3c3cccc(Cl)c3F)CC2)CC1. The number of piperidine rings is 2. The van der Waals surface area contributed by atoms with Crippen molar-refractivity contribution in [1.29, 1.82) is 0 Å². The number of methoxy groups -OCH3 is 1. The Balaban J connectivity index is 0.794. The monoisotopic (exact) mass is 941 g/mol. The zero-order chi connectivity index (χ0) is 46.1. The van der Waals surface area contributed by atoms with Crippen molar-refractivity contribution in [2.45, 2.75) is 130 Å². The molecule has 1 aromatic heterocycles. The van der Waals surface area contributed by atoms with Gasteiger partial charge in [0.1, 0.15) is 17.3 Å². The first kappa shape index (κ1) is 45.2. The second kappa shape index (κ2) is 17.5. The highest BCUT2D eigenvalue weighted by atomic mass is 35.5. The van der Waals surface area contributed by atoms with E-state index in [0.29, 0.717) is 41.4 Å². The van der Waals surface area contributed by atoms with Gasteiger partial charge in [-0.1, -0.05) is 66.7 Å². The van der Waals surface area contributed by atoms with Crippen LogP contribution in [-0.4, -0.2) is 87.6 Å². The number of carbonyl (C=O) groups excluding carboxylic acids is 4. The first-order chi connectivity index (χ1) is 31.8. The molecular formula is C50H58Cl2FN7O6. The fourth-order valence-electron chi connectivity index (χ4n) is 13.1. The van der Waals surface area contributed by atoms with Crippen LogP contribution in [0.3, 0.4) is 0 Å². The zero-order valence-electron chi connectivity index (χ0n) is 37.5. The van der Waals surface area contributed by atoms with E-state index in [9.17, 15) is 24.0 Å². The molecule has 4 aromatic rings. The lowest BCUT2D eigenvalue weighted by molar-refractivity contribution is -0.136. The standard InChI is InChI=1S/C50H58Cl2FN7O6/c1-58-39-25-30(11-16-37(39)60(47(58)65)38-17-18-40(61)56-44(38)62)27-48(66-2)21-23-59(24-22-48)28-29-9-13-32(14-10-29)54-45(63)43-41(33-7-6-8-35(52)42(33)53)50(49(57-43)19-4-3-5-20-49)34-15-12-31(51)26-36(34)55-46(50)64/h6-8,11-12,15-16,25-26,29,32,38,41,43,57H,3-5,9-10,13-14,17-24,27-28H2,1-2H3,(H,54,63)(H,55,64)(H,56,61,62)/t29?,32?,38?,41-,43+,50+/m0/s1. The number of benzene rings is 3. The van der Waals surface area contributed by atoms with Crippen LogP contribution >= 0.6 is 23.2 Å². The molecule has 4 amide bonds. The van der Waals surface area contributed by atoms with Gasteiger partial charge in [0, 0.05) is 74.8 Å². The molecule has 10 rings (SSSR count). The van der Waals surface area contributed by atoms with Crippen molar-refractivity contribution in [3.8, 4) is 0 Å². The van der Waals surface area contributed by atoms with E-state index < -0.39 is 40.7 Å². The van der Waals surface area contributed by atoms with Crippen molar-refractivity contribution in [2.75, 3.05) is 32.1 Å². The molecule has 350 valence electrons. The summed E-state index contributed by atoms with van der Waals surface area (Å²) in [6, 6.07) is 14.5. The average Bonchev–Trinajstić information content (AvgIpc) is 3.86. The number of ether oxygens (including phenoxy) is 1. The van der Waals surface area contributed by atoms with E-state index in [-0.39, 0.29) is 58.5 Å². The van der Waals surface area contributed by atoms with Crippen LogP contribution in [0.4, 0.5) is 10.1 Å². The number of amides is 4. The Morgan fingerprint density at radius 2 is 1.65 bits per heavy atom.